The lowest BCUT2D eigenvalue weighted by atomic mass is 10.1. The Balaban J connectivity index is 0.00000139. The number of carbonyl (C=O) groups excluding carboxylic acids is 2. The van der Waals surface area contributed by atoms with Gasteiger partial charge in [0.1, 0.15) is 17.8 Å². The molecule has 1 aliphatic heterocycles. The molecule has 2 N–H and O–H groups in total. The molecule has 170 valence electrons. The van der Waals surface area contributed by atoms with Crippen LogP contribution in [0.3, 0.4) is 0 Å². The molecule has 0 saturated heterocycles. The monoisotopic (exact) mass is 429 g/mol. The SMILES string of the molecule is CCCCN1C[NH+](C)C=C1C[C@H](NC(=O)OC(C)(C)C)C(=O)OC.F[B-](F)(F)F. The van der Waals surface area contributed by atoms with Crippen molar-refractivity contribution >= 4 is 19.3 Å². The summed E-state index contributed by atoms with van der Waals surface area (Å²) in [4.78, 5) is 27.6. The maximum absolute atomic E-state index is 12.1. The number of carbonyl (C=O) groups is 2. The molecule has 29 heavy (non-hydrogen) atoms. The van der Waals surface area contributed by atoms with Crippen molar-refractivity contribution in [2.45, 2.75) is 58.6 Å². The first-order chi connectivity index (χ1) is 13.2. The molecule has 1 amide bonds. The molecule has 0 spiro atoms. The Bertz CT molecular complexity index is 562. The number of nitrogens with one attached hydrogen (secondary N) is 2. The summed E-state index contributed by atoms with van der Waals surface area (Å²) in [6, 6.07) is -0.758. The Hall–Kier alpha value is -1.98. The summed E-state index contributed by atoms with van der Waals surface area (Å²) >= 11 is 0. The van der Waals surface area contributed by atoms with Gasteiger partial charge in [0, 0.05) is 13.0 Å². The third-order valence-corrected chi connectivity index (χ3v) is 3.63. The molecule has 0 aromatic carbocycles. The van der Waals surface area contributed by atoms with Gasteiger partial charge in [-0.05, 0) is 27.2 Å². The van der Waals surface area contributed by atoms with Crippen LogP contribution in [0.25, 0.3) is 0 Å². The fourth-order valence-corrected chi connectivity index (χ4v) is 2.58. The zero-order valence-electron chi connectivity index (χ0n) is 17.9. The number of esters is 1. The van der Waals surface area contributed by atoms with Gasteiger partial charge in [0.2, 0.25) is 0 Å². The maximum atomic E-state index is 12.1. The Labute approximate surface area is 169 Å². The number of hydrogen-bond acceptors (Lipinski definition) is 5. The molecular weight excluding hydrogens is 397 g/mol. The normalized spacial score (nSPS) is 17.7. The van der Waals surface area contributed by atoms with Gasteiger partial charge < -0.3 is 37.0 Å². The lowest BCUT2D eigenvalue weighted by Crippen LogP contribution is -3.03. The van der Waals surface area contributed by atoms with Crippen LogP contribution in [0.2, 0.25) is 0 Å². The van der Waals surface area contributed by atoms with Crippen molar-refractivity contribution in [2.75, 3.05) is 27.4 Å². The van der Waals surface area contributed by atoms with E-state index in [9.17, 15) is 26.9 Å². The molecule has 1 rings (SSSR count). The van der Waals surface area contributed by atoms with Crippen LogP contribution in [0, 0.1) is 0 Å². The van der Waals surface area contributed by atoms with Gasteiger partial charge in [-0.3, -0.25) is 4.90 Å². The Morgan fingerprint density at radius 2 is 1.86 bits per heavy atom. The topological polar surface area (TPSA) is 72.3 Å². The molecule has 2 atom stereocenters. The van der Waals surface area contributed by atoms with Crippen molar-refractivity contribution in [1.82, 2.24) is 10.2 Å². The Morgan fingerprint density at radius 3 is 2.31 bits per heavy atom. The average Bonchev–Trinajstić information content (AvgIpc) is 2.87. The second kappa shape index (κ2) is 11.9. The van der Waals surface area contributed by atoms with Crippen LogP contribution >= 0.6 is 0 Å². The number of quaternary nitrogens is 1. The Kier molecular flexibility index (Phi) is 11.1. The number of methoxy groups -OCH3 is 1. The van der Waals surface area contributed by atoms with E-state index < -0.39 is 31.0 Å². The molecule has 12 heteroatoms. The zero-order valence-corrected chi connectivity index (χ0v) is 17.9. The van der Waals surface area contributed by atoms with Gasteiger partial charge in [-0.15, -0.1) is 0 Å². The van der Waals surface area contributed by atoms with Crippen LogP contribution in [0.1, 0.15) is 47.0 Å². The first-order valence-electron chi connectivity index (χ1n) is 9.38. The lowest BCUT2D eigenvalue weighted by molar-refractivity contribution is -0.826. The molecule has 0 radical (unpaired) electrons. The first kappa shape index (κ1) is 27.0. The van der Waals surface area contributed by atoms with Crippen molar-refractivity contribution < 1.29 is 41.2 Å². The van der Waals surface area contributed by atoms with Crippen LogP contribution in [-0.4, -0.2) is 63.2 Å². The standard InChI is InChI=1S/C17H31N3O4.BF4/c1-7-8-9-20-12-19(5)11-13(20)10-14(15(21)23-6)18-16(22)24-17(2,3)4;2-1(3,4)5/h11,14H,7-10,12H2,1-6H3,(H,18,22);/q;-1/p+1/t14-;/m0./s1. The van der Waals surface area contributed by atoms with Crippen molar-refractivity contribution in [3.05, 3.63) is 11.9 Å². The molecule has 0 bridgehead atoms. The maximum Gasteiger partial charge on any atom is 0.673 e. The predicted molar refractivity (Wildman–Crippen MR) is 101 cm³/mol. The van der Waals surface area contributed by atoms with Gasteiger partial charge in [-0.25, -0.2) is 9.59 Å². The summed E-state index contributed by atoms with van der Waals surface area (Å²) in [7, 11) is -2.61. The quantitative estimate of drug-likeness (QED) is 0.369. The molecule has 0 saturated carbocycles. The van der Waals surface area contributed by atoms with Gasteiger partial charge >= 0.3 is 19.3 Å². The third kappa shape index (κ3) is 13.8. The van der Waals surface area contributed by atoms with Crippen LogP contribution < -0.4 is 10.2 Å². The van der Waals surface area contributed by atoms with Crippen LogP contribution in [0.4, 0.5) is 22.1 Å². The summed E-state index contributed by atoms with van der Waals surface area (Å²) < 4.78 is 49.1. The molecule has 0 aromatic rings. The highest BCUT2D eigenvalue weighted by molar-refractivity contribution is 6.50. The average molecular weight is 429 g/mol. The van der Waals surface area contributed by atoms with Crippen molar-refractivity contribution in [2.24, 2.45) is 0 Å². The fraction of sp³-hybridized carbons (Fsp3) is 0.765. The summed E-state index contributed by atoms with van der Waals surface area (Å²) in [5, 5.41) is 2.63. The van der Waals surface area contributed by atoms with Gasteiger partial charge in [0.25, 0.3) is 0 Å². The molecule has 1 unspecified atom stereocenters. The van der Waals surface area contributed by atoms with Crippen molar-refractivity contribution in [3.8, 4) is 0 Å². The number of nitrogens with zero attached hydrogens (tertiary/aromatic N) is 1. The number of alkyl carbamates (subject to hydrolysis) is 1. The highest BCUT2D eigenvalue weighted by Gasteiger charge is 2.31. The van der Waals surface area contributed by atoms with Crippen LogP contribution in [-0.2, 0) is 14.3 Å². The predicted octanol–water partition coefficient (Wildman–Crippen LogP) is 2.17. The number of amides is 1. The van der Waals surface area contributed by atoms with E-state index in [1.807, 2.05) is 0 Å². The number of hydrogen-bond donors (Lipinski definition) is 2. The van der Waals surface area contributed by atoms with Gasteiger partial charge in [-0.1, -0.05) is 13.3 Å². The van der Waals surface area contributed by atoms with Crippen LogP contribution in [0.15, 0.2) is 11.9 Å². The summed E-state index contributed by atoms with van der Waals surface area (Å²) in [5.74, 6) is -0.471. The molecule has 7 nitrogen and oxygen atoms in total. The second-order valence-electron chi connectivity index (χ2n) is 7.68. The van der Waals surface area contributed by atoms with E-state index in [0.717, 1.165) is 31.8 Å². The van der Waals surface area contributed by atoms with E-state index in [4.69, 9.17) is 9.47 Å². The van der Waals surface area contributed by atoms with Gasteiger partial charge in [-0.2, -0.15) is 0 Å². The molecule has 0 fully saturated rings. The number of ether oxygens (including phenoxy) is 2. The van der Waals surface area contributed by atoms with E-state index in [1.165, 1.54) is 12.0 Å². The number of unbranched alkanes of at least 4 members (excludes halogenated alkanes) is 1. The highest BCUT2D eigenvalue weighted by Crippen LogP contribution is 2.15. The zero-order chi connectivity index (χ0) is 22.8. The molecule has 1 aliphatic rings. The minimum Gasteiger partial charge on any atom is -0.467 e. The van der Waals surface area contributed by atoms with E-state index in [-0.39, 0.29) is 0 Å². The van der Waals surface area contributed by atoms with E-state index in [2.05, 4.69) is 30.4 Å². The largest absolute Gasteiger partial charge is 0.673 e. The van der Waals surface area contributed by atoms with Crippen molar-refractivity contribution in [3.63, 3.8) is 0 Å². The second-order valence-corrected chi connectivity index (χ2v) is 7.68. The molecule has 0 aliphatic carbocycles. The fourth-order valence-electron chi connectivity index (χ4n) is 2.58. The molecule has 1 heterocycles. The van der Waals surface area contributed by atoms with Crippen molar-refractivity contribution in [1.29, 1.82) is 0 Å². The van der Waals surface area contributed by atoms with E-state index in [1.54, 1.807) is 20.8 Å². The summed E-state index contributed by atoms with van der Waals surface area (Å²) in [6.45, 7) is 9.31. The highest BCUT2D eigenvalue weighted by atomic mass is 19.5. The Morgan fingerprint density at radius 1 is 1.31 bits per heavy atom. The van der Waals surface area contributed by atoms with E-state index in [0.29, 0.717) is 6.42 Å². The minimum absolute atomic E-state index is 0.396. The van der Waals surface area contributed by atoms with E-state index >= 15 is 0 Å². The molecule has 0 aromatic heterocycles. The number of halogens is 4. The lowest BCUT2D eigenvalue weighted by Gasteiger charge is -2.24. The minimum atomic E-state index is -6.00. The summed E-state index contributed by atoms with van der Waals surface area (Å²) in [6.07, 6.45) is 4.07. The van der Waals surface area contributed by atoms with Gasteiger partial charge in [0.15, 0.2) is 6.67 Å². The summed E-state index contributed by atoms with van der Waals surface area (Å²) in [5.41, 5.74) is 0.432. The van der Waals surface area contributed by atoms with Crippen LogP contribution in [0.5, 0.6) is 0 Å². The third-order valence-electron chi connectivity index (χ3n) is 3.63. The molecular formula is C17H32BF4N3O4. The first-order valence-corrected chi connectivity index (χ1v) is 9.38. The smallest absolute Gasteiger partial charge is 0.467 e. The number of rotatable bonds is 7. The van der Waals surface area contributed by atoms with Gasteiger partial charge in [0.05, 0.1) is 19.9 Å².